The molecule has 0 amide bonds. The quantitative estimate of drug-likeness (QED) is 0.898. The minimum absolute atomic E-state index is 0.276. The van der Waals surface area contributed by atoms with Gasteiger partial charge in [-0.3, -0.25) is 4.98 Å². The summed E-state index contributed by atoms with van der Waals surface area (Å²) in [5, 5.41) is 3.88. The summed E-state index contributed by atoms with van der Waals surface area (Å²) in [6, 6.07) is 7.53. The SMILES string of the molecule is FCC1CC(CNc2nc(-c3ccncc3)ccc2Cl)CCO1. The van der Waals surface area contributed by atoms with Crippen molar-refractivity contribution >= 4 is 17.4 Å². The first-order chi connectivity index (χ1) is 11.3. The highest BCUT2D eigenvalue weighted by Crippen LogP contribution is 2.26. The minimum Gasteiger partial charge on any atom is -0.375 e. The number of anilines is 1. The Morgan fingerprint density at radius 3 is 2.87 bits per heavy atom. The van der Waals surface area contributed by atoms with Crippen molar-refractivity contribution in [1.29, 1.82) is 0 Å². The molecule has 0 radical (unpaired) electrons. The van der Waals surface area contributed by atoms with Crippen LogP contribution in [0.2, 0.25) is 5.02 Å². The molecule has 3 heterocycles. The average Bonchev–Trinajstić information content (AvgIpc) is 2.62. The number of hydrogen-bond acceptors (Lipinski definition) is 4. The fraction of sp³-hybridized carbons (Fsp3) is 0.412. The maximum Gasteiger partial charge on any atom is 0.145 e. The molecule has 0 saturated carbocycles. The number of halogens is 2. The van der Waals surface area contributed by atoms with Crippen LogP contribution < -0.4 is 5.32 Å². The molecule has 0 bridgehead atoms. The smallest absolute Gasteiger partial charge is 0.145 e. The summed E-state index contributed by atoms with van der Waals surface area (Å²) in [4.78, 5) is 8.60. The van der Waals surface area contributed by atoms with E-state index in [2.05, 4.69) is 15.3 Å². The molecule has 2 aromatic heterocycles. The van der Waals surface area contributed by atoms with Gasteiger partial charge in [0.05, 0.1) is 16.8 Å². The van der Waals surface area contributed by atoms with Crippen molar-refractivity contribution in [1.82, 2.24) is 9.97 Å². The summed E-state index contributed by atoms with van der Waals surface area (Å²) >= 11 is 6.24. The Labute approximate surface area is 140 Å². The zero-order chi connectivity index (χ0) is 16.1. The number of aromatic nitrogens is 2. The first-order valence-electron chi connectivity index (χ1n) is 7.74. The topological polar surface area (TPSA) is 47.0 Å². The van der Waals surface area contributed by atoms with Crippen molar-refractivity contribution in [2.45, 2.75) is 18.9 Å². The van der Waals surface area contributed by atoms with E-state index in [0.29, 0.717) is 29.9 Å². The van der Waals surface area contributed by atoms with E-state index in [4.69, 9.17) is 16.3 Å². The fourth-order valence-electron chi connectivity index (χ4n) is 2.74. The van der Waals surface area contributed by atoms with E-state index in [1.807, 2.05) is 24.3 Å². The molecular weight excluding hydrogens is 317 g/mol. The van der Waals surface area contributed by atoms with Crippen molar-refractivity contribution in [3.63, 3.8) is 0 Å². The second-order valence-electron chi connectivity index (χ2n) is 5.68. The van der Waals surface area contributed by atoms with Crippen LogP contribution in [0.25, 0.3) is 11.3 Å². The third-order valence-corrected chi connectivity index (χ3v) is 4.33. The number of nitrogens with zero attached hydrogens (tertiary/aromatic N) is 2. The van der Waals surface area contributed by atoms with Crippen molar-refractivity contribution in [3.8, 4) is 11.3 Å². The lowest BCUT2D eigenvalue weighted by Crippen LogP contribution is -2.31. The first-order valence-corrected chi connectivity index (χ1v) is 8.12. The van der Waals surface area contributed by atoms with E-state index in [0.717, 1.165) is 24.1 Å². The average molecular weight is 336 g/mol. The molecule has 1 fully saturated rings. The summed E-state index contributed by atoms with van der Waals surface area (Å²) < 4.78 is 18.1. The predicted molar refractivity (Wildman–Crippen MR) is 89.4 cm³/mol. The minimum atomic E-state index is -0.424. The summed E-state index contributed by atoms with van der Waals surface area (Å²) in [6.45, 7) is 0.901. The lowest BCUT2D eigenvalue weighted by atomic mass is 9.96. The first kappa shape index (κ1) is 16.1. The van der Waals surface area contributed by atoms with Crippen LogP contribution in [0.15, 0.2) is 36.7 Å². The van der Waals surface area contributed by atoms with Crippen LogP contribution in [0, 0.1) is 5.92 Å². The maximum atomic E-state index is 12.7. The number of alkyl halides is 1. The molecule has 3 rings (SSSR count). The molecule has 2 aromatic rings. The highest BCUT2D eigenvalue weighted by atomic mass is 35.5. The third kappa shape index (κ3) is 4.18. The Morgan fingerprint density at radius 2 is 2.09 bits per heavy atom. The Balaban J connectivity index is 1.68. The van der Waals surface area contributed by atoms with Gasteiger partial charge in [-0.1, -0.05) is 11.6 Å². The second-order valence-corrected chi connectivity index (χ2v) is 6.09. The third-order valence-electron chi connectivity index (χ3n) is 4.03. The van der Waals surface area contributed by atoms with Crippen LogP contribution in [0.4, 0.5) is 10.2 Å². The normalized spacial score (nSPS) is 21.1. The van der Waals surface area contributed by atoms with Crippen molar-refractivity contribution in [3.05, 3.63) is 41.7 Å². The lowest BCUT2D eigenvalue weighted by Gasteiger charge is -2.28. The summed E-state index contributed by atoms with van der Waals surface area (Å²) in [5.74, 6) is 1.02. The van der Waals surface area contributed by atoms with Crippen LogP contribution in [0.1, 0.15) is 12.8 Å². The molecule has 1 aliphatic rings. The molecule has 6 heteroatoms. The van der Waals surface area contributed by atoms with Gasteiger partial charge in [-0.25, -0.2) is 9.37 Å². The molecule has 122 valence electrons. The van der Waals surface area contributed by atoms with Gasteiger partial charge < -0.3 is 10.1 Å². The van der Waals surface area contributed by atoms with Gasteiger partial charge in [0, 0.05) is 31.1 Å². The van der Waals surface area contributed by atoms with Crippen LogP contribution in [-0.4, -0.2) is 35.9 Å². The summed E-state index contributed by atoms with van der Waals surface area (Å²) in [7, 11) is 0. The highest BCUT2D eigenvalue weighted by Gasteiger charge is 2.22. The summed E-state index contributed by atoms with van der Waals surface area (Å²) in [5.41, 5.74) is 1.83. The number of ether oxygens (including phenoxy) is 1. The predicted octanol–water partition coefficient (Wildman–Crippen LogP) is 3.97. The standard InChI is InChI=1S/C17H19ClFN3O/c18-15-1-2-16(13-3-6-20-7-4-13)22-17(15)21-11-12-5-8-23-14(9-12)10-19/h1-4,6-7,12,14H,5,8-11H2,(H,21,22). The maximum absolute atomic E-state index is 12.7. The highest BCUT2D eigenvalue weighted by molar-refractivity contribution is 6.32. The van der Waals surface area contributed by atoms with Gasteiger partial charge in [0.1, 0.15) is 12.5 Å². The number of rotatable bonds is 5. The molecule has 1 N–H and O–H groups in total. The Morgan fingerprint density at radius 1 is 1.26 bits per heavy atom. The second kappa shape index (κ2) is 7.70. The number of hydrogen-bond donors (Lipinski definition) is 1. The molecule has 2 atom stereocenters. The number of pyridine rings is 2. The zero-order valence-corrected chi connectivity index (χ0v) is 13.5. The zero-order valence-electron chi connectivity index (χ0n) is 12.7. The Kier molecular flexibility index (Phi) is 5.41. The van der Waals surface area contributed by atoms with Gasteiger partial charge in [0.2, 0.25) is 0 Å². The van der Waals surface area contributed by atoms with Crippen LogP contribution in [-0.2, 0) is 4.74 Å². The van der Waals surface area contributed by atoms with Crippen LogP contribution in [0.5, 0.6) is 0 Å². The summed E-state index contributed by atoms with van der Waals surface area (Å²) in [6.07, 6.45) is 4.84. The van der Waals surface area contributed by atoms with Crippen molar-refractivity contribution in [2.24, 2.45) is 5.92 Å². The van der Waals surface area contributed by atoms with Crippen LogP contribution in [0.3, 0.4) is 0 Å². The molecule has 1 aliphatic heterocycles. The van der Waals surface area contributed by atoms with E-state index in [1.54, 1.807) is 12.4 Å². The van der Waals surface area contributed by atoms with Gasteiger partial charge in [-0.2, -0.15) is 0 Å². The molecule has 23 heavy (non-hydrogen) atoms. The largest absolute Gasteiger partial charge is 0.375 e. The van der Waals surface area contributed by atoms with E-state index in [1.165, 1.54) is 0 Å². The molecule has 4 nitrogen and oxygen atoms in total. The van der Waals surface area contributed by atoms with E-state index in [9.17, 15) is 4.39 Å². The van der Waals surface area contributed by atoms with Gasteiger partial charge in [0.15, 0.2) is 0 Å². The molecule has 0 aromatic carbocycles. The Hall–Kier alpha value is -1.72. The van der Waals surface area contributed by atoms with Gasteiger partial charge in [-0.05, 0) is 43.0 Å². The van der Waals surface area contributed by atoms with Crippen molar-refractivity contribution in [2.75, 3.05) is 25.1 Å². The van der Waals surface area contributed by atoms with E-state index >= 15 is 0 Å². The van der Waals surface area contributed by atoms with Crippen LogP contribution >= 0.6 is 11.6 Å². The molecular formula is C17H19ClFN3O. The van der Waals surface area contributed by atoms with Crippen molar-refractivity contribution < 1.29 is 9.13 Å². The molecule has 0 spiro atoms. The van der Waals surface area contributed by atoms with E-state index in [-0.39, 0.29) is 6.10 Å². The van der Waals surface area contributed by atoms with Gasteiger partial charge in [0.25, 0.3) is 0 Å². The van der Waals surface area contributed by atoms with Gasteiger partial charge in [-0.15, -0.1) is 0 Å². The fourth-order valence-corrected chi connectivity index (χ4v) is 2.91. The molecule has 0 aliphatic carbocycles. The Bertz CT molecular complexity index is 641. The molecule has 2 unspecified atom stereocenters. The molecule has 1 saturated heterocycles. The van der Waals surface area contributed by atoms with Gasteiger partial charge >= 0.3 is 0 Å². The lowest BCUT2D eigenvalue weighted by molar-refractivity contribution is -0.0185. The van der Waals surface area contributed by atoms with E-state index < -0.39 is 6.67 Å². The monoisotopic (exact) mass is 335 g/mol. The number of nitrogens with one attached hydrogen (secondary N) is 1.